The molecule has 0 unspecified atom stereocenters. The molecule has 0 radical (unpaired) electrons. The van der Waals surface area contributed by atoms with Crippen LogP contribution in [0.3, 0.4) is 0 Å². The van der Waals surface area contributed by atoms with E-state index in [9.17, 15) is 0 Å². The average Bonchev–Trinajstić information content (AvgIpc) is 2.75. The second-order valence-corrected chi connectivity index (χ2v) is 3.81. The van der Waals surface area contributed by atoms with Gasteiger partial charge in [-0.15, -0.1) is 11.3 Å². The van der Waals surface area contributed by atoms with Gasteiger partial charge < -0.3 is 4.57 Å². The van der Waals surface area contributed by atoms with E-state index in [0.717, 1.165) is 19.4 Å². The molecule has 0 atom stereocenters. The third kappa shape index (κ3) is 2.39. The van der Waals surface area contributed by atoms with E-state index in [0.29, 0.717) is 0 Å². The largest absolute Gasteiger partial charge is 0.337 e. The Kier molecular flexibility index (Phi) is 2.72. The Balaban J connectivity index is 1.76. The van der Waals surface area contributed by atoms with Crippen LogP contribution >= 0.6 is 11.3 Å². The van der Waals surface area contributed by atoms with E-state index >= 15 is 0 Å². The van der Waals surface area contributed by atoms with Gasteiger partial charge in [-0.1, -0.05) is 0 Å². The van der Waals surface area contributed by atoms with Crippen molar-refractivity contribution in [2.24, 2.45) is 0 Å². The van der Waals surface area contributed by atoms with Gasteiger partial charge in [0, 0.05) is 36.9 Å². The number of thiazole rings is 1. The maximum absolute atomic E-state index is 4.23. The topological polar surface area (TPSA) is 30.7 Å². The van der Waals surface area contributed by atoms with E-state index in [1.807, 2.05) is 30.3 Å². The normalized spacial score (nSPS) is 10.5. The van der Waals surface area contributed by atoms with Gasteiger partial charge in [-0.3, -0.25) is 0 Å². The van der Waals surface area contributed by atoms with Crippen molar-refractivity contribution in [2.75, 3.05) is 0 Å². The Morgan fingerprint density at radius 1 is 1.38 bits per heavy atom. The molecule has 3 nitrogen and oxygen atoms in total. The summed E-state index contributed by atoms with van der Waals surface area (Å²) in [6.45, 7) is 1.03. The molecule has 0 aliphatic heterocycles. The second-order valence-electron chi connectivity index (χ2n) is 2.83. The molecule has 0 amide bonds. The molecule has 0 saturated heterocycles. The molecule has 2 rings (SSSR count). The van der Waals surface area contributed by atoms with Crippen LogP contribution in [0.15, 0.2) is 30.3 Å². The fourth-order valence-corrected chi connectivity index (χ4v) is 1.87. The lowest BCUT2D eigenvalue weighted by molar-refractivity contribution is 0.640. The van der Waals surface area contributed by atoms with E-state index in [2.05, 4.69) is 14.5 Å². The number of hydrogen-bond donors (Lipinski definition) is 0. The molecular formula is C9H11N3S. The molecule has 0 bridgehead atoms. The fourth-order valence-electron chi connectivity index (χ4n) is 1.21. The highest BCUT2D eigenvalue weighted by Gasteiger charge is 1.95. The number of imidazole rings is 1. The number of hydrogen-bond acceptors (Lipinski definition) is 3. The summed E-state index contributed by atoms with van der Waals surface area (Å²) in [6.07, 6.45) is 9.70. The summed E-state index contributed by atoms with van der Waals surface area (Å²) in [5.74, 6) is 0. The zero-order valence-corrected chi connectivity index (χ0v) is 8.07. The van der Waals surface area contributed by atoms with Gasteiger partial charge in [-0.25, -0.2) is 9.97 Å². The third-order valence-electron chi connectivity index (χ3n) is 1.85. The zero-order valence-electron chi connectivity index (χ0n) is 7.26. The van der Waals surface area contributed by atoms with Crippen LogP contribution in [0.1, 0.15) is 11.4 Å². The molecule has 0 aromatic carbocycles. The quantitative estimate of drug-likeness (QED) is 0.743. The lowest BCUT2D eigenvalue weighted by Crippen LogP contribution is -1.96. The average molecular weight is 193 g/mol. The number of nitrogens with zero attached hydrogens (tertiary/aromatic N) is 3. The molecular weight excluding hydrogens is 182 g/mol. The number of aromatic nitrogens is 3. The van der Waals surface area contributed by atoms with Gasteiger partial charge in [0.1, 0.15) is 0 Å². The molecule has 2 aromatic rings. The van der Waals surface area contributed by atoms with Crippen LogP contribution in [0.4, 0.5) is 0 Å². The lowest BCUT2D eigenvalue weighted by Gasteiger charge is -1.99. The van der Waals surface area contributed by atoms with Crippen LogP contribution in [0.5, 0.6) is 0 Å². The van der Waals surface area contributed by atoms with Crippen molar-refractivity contribution in [3.05, 3.63) is 35.3 Å². The minimum absolute atomic E-state index is 1.03. The zero-order chi connectivity index (χ0) is 8.93. The highest BCUT2D eigenvalue weighted by Crippen LogP contribution is 2.07. The SMILES string of the molecule is c1cn(CCCc2nccs2)cn1. The van der Waals surface area contributed by atoms with Crippen LogP contribution in [-0.2, 0) is 13.0 Å². The summed E-state index contributed by atoms with van der Waals surface area (Å²) in [5.41, 5.74) is 0. The van der Waals surface area contributed by atoms with Crippen molar-refractivity contribution in [1.29, 1.82) is 0 Å². The minimum Gasteiger partial charge on any atom is -0.337 e. The van der Waals surface area contributed by atoms with Gasteiger partial charge >= 0.3 is 0 Å². The van der Waals surface area contributed by atoms with Gasteiger partial charge in [-0.05, 0) is 6.42 Å². The molecule has 0 spiro atoms. The van der Waals surface area contributed by atoms with E-state index < -0.39 is 0 Å². The van der Waals surface area contributed by atoms with Crippen molar-refractivity contribution in [3.8, 4) is 0 Å². The maximum atomic E-state index is 4.23. The highest BCUT2D eigenvalue weighted by atomic mass is 32.1. The summed E-state index contributed by atoms with van der Waals surface area (Å²) in [4.78, 5) is 8.22. The summed E-state index contributed by atoms with van der Waals surface area (Å²) in [5, 5.41) is 3.24. The predicted molar refractivity (Wildman–Crippen MR) is 52.7 cm³/mol. The van der Waals surface area contributed by atoms with Crippen molar-refractivity contribution in [1.82, 2.24) is 14.5 Å². The Morgan fingerprint density at radius 2 is 2.38 bits per heavy atom. The Labute approximate surface area is 81.1 Å². The van der Waals surface area contributed by atoms with E-state index in [1.165, 1.54) is 5.01 Å². The molecule has 0 saturated carbocycles. The first-order valence-electron chi connectivity index (χ1n) is 4.29. The van der Waals surface area contributed by atoms with Gasteiger partial charge in [0.05, 0.1) is 11.3 Å². The molecule has 2 aromatic heterocycles. The highest BCUT2D eigenvalue weighted by molar-refractivity contribution is 7.09. The first-order chi connectivity index (χ1) is 6.45. The third-order valence-corrected chi connectivity index (χ3v) is 2.69. The van der Waals surface area contributed by atoms with Crippen LogP contribution in [0.25, 0.3) is 0 Å². The summed E-state index contributed by atoms with van der Waals surface area (Å²) in [7, 11) is 0. The molecule has 0 N–H and O–H groups in total. The van der Waals surface area contributed by atoms with Crippen LogP contribution < -0.4 is 0 Å². The summed E-state index contributed by atoms with van der Waals surface area (Å²) >= 11 is 1.72. The maximum Gasteiger partial charge on any atom is 0.0945 e. The first kappa shape index (κ1) is 8.44. The molecule has 0 aliphatic rings. The molecule has 0 aliphatic carbocycles. The predicted octanol–water partition coefficient (Wildman–Crippen LogP) is 1.97. The van der Waals surface area contributed by atoms with Crippen molar-refractivity contribution < 1.29 is 0 Å². The van der Waals surface area contributed by atoms with E-state index in [1.54, 1.807) is 11.3 Å². The smallest absolute Gasteiger partial charge is 0.0945 e. The fraction of sp³-hybridized carbons (Fsp3) is 0.333. The van der Waals surface area contributed by atoms with Crippen molar-refractivity contribution in [3.63, 3.8) is 0 Å². The molecule has 4 heteroatoms. The molecule has 0 fully saturated rings. The van der Waals surface area contributed by atoms with Crippen molar-refractivity contribution in [2.45, 2.75) is 19.4 Å². The van der Waals surface area contributed by atoms with E-state index in [4.69, 9.17) is 0 Å². The monoisotopic (exact) mass is 193 g/mol. The van der Waals surface area contributed by atoms with Gasteiger partial charge in [0.2, 0.25) is 0 Å². The Morgan fingerprint density at radius 3 is 3.08 bits per heavy atom. The Bertz CT molecular complexity index is 291. The molecule has 2 heterocycles. The standard InChI is InChI=1S/C9H11N3S/c1(2-9-11-4-7-13-9)5-12-6-3-10-8-12/h3-4,6-8H,1-2,5H2. The minimum atomic E-state index is 1.03. The van der Waals surface area contributed by atoms with Crippen LogP contribution in [-0.4, -0.2) is 14.5 Å². The second kappa shape index (κ2) is 4.18. The molecule has 68 valence electrons. The number of rotatable bonds is 4. The van der Waals surface area contributed by atoms with Gasteiger partial charge in [0.25, 0.3) is 0 Å². The van der Waals surface area contributed by atoms with Crippen molar-refractivity contribution >= 4 is 11.3 Å². The first-order valence-corrected chi connectivity index (χ1v) is 5.17. The summed E-state index contributed by atoms with van der Waals surface area (Å²) in [6, 6.07) is 0. The Hall–Kier alpha value is -1.16. The summed E-state index contributed by atoms with van der Waals surface area (Å²) < 4.78 is 2.09. The van der Waals surface area contributed by atoms with Gasteiger partial charge in [-0.2, -0.15) is 0 Å². The van der Waals surface area contributed by atoms with Crippen LogP contribution in [0.2, 0.25) is 0 Å². The van der Waals surface area contributed by atoms with E-state index in [-0.39, 0.29) is 0 Å². The number of aryl methyl sites for hydroxylation is 2. The molecule has 13 heavy (non-hydrogen) atoms. The van der Waals surface area contributed by atoms with Crippen LogP contribution in [0, 0.1) is 0 Å². The van der Waals surface area contributed by atoms with Gasteiger partial charge in [0.15, 0.2) is 0 Å². The lowest BCUT2D eigenvalue weighted by atomic mass is 10.3.